The fraction of sp³-hybridized carbons (Fsp3) is 0.273. The second-order valence-electron chi connectivity index (χ2n) is 3.47. The molecule has 1 aromatic carbocycles. The molecule has 4 nitrogen and oxygen atoms in total. The Kier molecular flexibility index (Phi) is 2.28. The van der Waals surface area contributed by atoms with Gasteiger partial charge in [-0.15, -0.1) is 5.10 Å². The molecule has 0 fully saturated rings. The average Bonchev–Trinajstić information content (AvgIpc) is 2.58. The third-order valence-electron chi connectivity index (χ3n) is 2.62. The Balaban J connectivity index is 2.50. The Morgan fingerprint density at radius 1 is 1.20 bits per heavy atom. The van der Waals surface area contributed by atoms with E-state index in [1.807, 2.05) is 37.3 Å². The summed E-state index contributed by atoms with van der Waals surface area (Å²) in [5.41, 5.74) is 7.16. The number of nitrogens with two attached hydrogens (primary N) is 1. The van der Waals surface area contributed by atoms with Gasteiger partial charge in [0.1, 0.15) is 0 Å². The molecule has 1 aliphatic heterocycles. The van der Waals surface area contributed by atoms with Crippen molar-refractivity contribution in [1.82, 2.24) is 0 Å². The molecular weight excluding hydrogens is 190 g/mol. The van der Waals surface area contributed by atoms with Crippen molar-refractivity contribution in [3.63, 3.8) is 0 Å². The molecule has 0 aromatic heterocycles. The monoisotopic (exact) mass is 203 g/mol. The van der Waals surface area contributed by atoms with Gasteiger partial charge in [0, 0.05) is 0 Å². The smallest absolute Gasteiger partial charge is 0.239 e. The van der Waals surface area contributed by atoms with Gasteiger partial charge in [0.25, 0.3) is 0 Å². The van der Waals surface area contributed by atoms with Crippen molar-refractivity contribution in [1.29, 1.82) is 0 Å². The normalized spacial score (nSPS) is 24.7. The van der Waals surface area contributed by atoms with E-state index >= 15 is 0 Å². The van der Waals surface area contributed by atoms with Crippen LogP contribution in [-0.2, 0) is 10.3 Å². The zero-order chi connectivity index (χ0) is 10.9. The van der Waals surface area contributed by atoms with Gasteiger partial charge in [0.2, 0.25) is 5.90 Å². The summed E-state index contributed by atoms with van der Waals surface area (Å²) < 4.78 is 5.16. The van der Waals surface area contributed by atoms with Crippen molar-refractivity contribution in [2.24, 2.45) is 15.9 Å². The second kappa shape index (κ2) is 3.47. The fourth-order valence-electron chi connectivity index (χ4n) is 1.67. The summed E-state index contributed by atoms with van der Waals surface area (Å²) in [7, 11) is 1.55. The lowest BCUT2D eigenvalue weighted by Gasteiger charge is -2.25. The van der Waals surface area contributed by atoms with Crippen molar-refractivity contribution in [3.8, 4) is 0 Å². The van der Waals surface area contributed by atoms with Crippen LogP contribution in [0, 0.1) is 0 Å². The number of methoxy groups -OCH3 is 1. The zero-order valence-corrected chi connectivity index (χ0v) is 8.77. The number of hydrogen-bond donors (Lipinski definition) is 1. The minimum atomic E-state index is -0.810. The summed E-state index contributed by atoms with van der Waals surface area (Å²) in [4.78, 5) is 0. The number of ether oxygens (including phenoxy) is 1. The number of rotatable bonds is 1. The van der Waals surface area contributed by atoms with Gasteiger partial charge in [-0.25, -0.2) is 0 Å². The minimum Gasteiger partial charge on any atom is -0.481 e. The standard InChI is InChI=1S/C11H13N3O/c1-8-11(12,10(15-2)14-13-8)9-6-4-3-5-7-9/h3-7H,12H2,1-2H3. The van der Waals surface area contributed by atoms with Crippen LogP contribution in [0.15, 0.2) is 40.5 Å². The molecule has 15 heavy (non-hydrogen) atoms. The van der Waals surface area contributed by atoms with Gasteiger partial charge in [0.15, 0.2) is 5.54 Å². The maximum Gasteiger partial charge on any atom is 0.239 e. The molecule has 0 aliphatic carbocycles. The largest absolute Gasteiger partial charge is 0.481 e. The Labute approximate surface area is 88.5 Å². The van der Waals surface area contributed by atoms with E-state index < -0.39 is 5.54 Å². The van der Waals surface area contributed by atoms with Gasteiger partial charge in [0.05, 0.1) is 12.8 Å². The lowest BCUT2D eigenvalue weighted by molar-refractivity contribution is 0.373. The summed E-state index contributed by atoms with van der Waals surface area (Å²) in [5.74, 6) is 0.436. The number of benzene rings is 1. The maximum absolute atomic E-state index is 6.29. The molecule has 1 aliphatic rings. The molecule has 1 heterocycles. The zero-order valence-electron chi connectivity index (χ0n) is 8.77. The van der Waals surface area contributed by atoms with Crippen LogP contribution >= 0.6 is 0 Å². The van der Waals surface area contributed by atoms with Gasteiger partial charge in [-0.3, -0.25) is 0 Å². The molecule has 0 amide bonds. The van der Waals surface area contributed by atoms with E-state index in [9.17, 15) is 0 Å². The highest BCUT2D eigenvalue weighted by Crippen LogP contribution is 2.26. The fourth-order valence-corrected chi connectivity index (χ4v) is 1.67. The Hall–Kier alpha value is -1.68. The Bertz CT molecular complexity index is 425. The quantitative estimate of drug-likeness (QED) is 0.747. The molecule has 4 heteroatoms. The van der Waals surface area contributed by atoms with E-state index in [-0.39, 0.29) is 0 Å². The van der Waals surface area contributed by atoms with Crippen LogP contribution in [0.3, 0.4) is 0 Å². The van der Waals surface area contributed by atoms with Crippen molar-refractivity contribution in [2.45, 2.75) is 12.5 Å². The second-order valence-corrected chi connectivity index (χ2v) is 3.47. The van der Waals surface area contributed by atoms with E-state index in [4.69, 9.17) is 10.5 Å². The maximum atomic E-state index is 6.29. The lowest BCUT2D eigenvalue weighted by Crippen LogP contribution is -2.49. The molecule has 2 rings (SSSR count). The number of nitrogens with zero attached hydrogens (tertiary/aromatic N) is 2. The highest BCUT2D eigenvalue weighted by Gasteiger charge is 2.41. The topological polar surface area (TPSA) is 60.0 Å². The van der Waals surface area contributed by atoms with Crippen LogP contribution in [0.4, 0.5) is 0 Å². The minimum absolute atomic E-state index is 0.436. The summed E-state index contributed by atoms with van der Waals surface area (Å²) >= 11 is 0. The van der Waals surface area contributed by atoms with Crippen LogP contribution < -0.4 is 5.73 Å². The highest BCUT2D eigenvalue weighted by atomic mass is 16.5. The summed E-state index contributed by atoms with van der Waals surface area (Å²) in [6.07, 6.45) is 0. The van der Waals surface area contributed by atoms with Crippen molar-refractivity contribution in [2.75, 3.05) is 7.11 Å². The van der Waals surface area contributed by atoms with E-state index in [1.165, 1.54) is 0 Å². The molecule has 0 bridgehead atoms. The summed E-state index contributed by atoms with van der Waals surface area (Å²) in [6, 6.07) is 9.70. The van der Waals surface area contributed by atoms with Gasteiger partial charge < -0.3 is 10.5 Å². The Morgan fingerprint density at radius 2 is 1.87 bits per heavy atom. The first kappa shape index (κ1) is 9.86. The Morgan fingerprint density at radius 3 is 2.47 bits per heavy atom. The molecule has 0 spiro atoms. The molecule has 78 valence electrons. The predicted octanol–water partition coefficient (Wildman–Crippen LogP) is 1.27. The van der Waals surface area contributed by atoms with Gasteiger partial charge in [-0.05, 0) is 12.5 Å². The molecule has 0 saturated heterocycles. The number of hydrogen-bond acceptors (Lipinski definition) is 4. The molecule has 1 atom stereocenters. The van der Waals surface area contributed by atoms with Gasteiger partial charge in [-0.1, -0.05) is 30.3 Å². The molecule has 2 N–H and O–H groups in total. The summed E-state index contributed by atoms with van der Waals surface area (Å²) in [6.45, 7) is 1.85. The first-order valence-corrected chi connectivity index (χ1v) is 4.71. The third-order valence-corrected chi connectivity index (χ3v) is 2.62. The van der Waals surface area contributed by atoms with Crippen LogP contribution in [0.2, 0.25) is 0 Å². The van der Waals surface area contributed by atoms with E-state index in [0.717, 1.165) is 11.3 Å². The first-order chi connectivity index (χ1) is 7.19. The molecule has 1 unspecified atom stereocenters. The van der Waals surface area contributed by atoms with E-state index in [1.54, 1.807) is 7.11 Å². The van der Waals surface area contributed by atoms with Gasteiger partial charge in [-0.2, -0.15) is 5.10 Å². The average molecular weight is 203 g/mol. The molecule has 1 aromatic rings. The molecular formula is C11H13N3O. The van der Waals surface area contributed by atoms with Crippen molar-refractivity contribution < 1.29 is 4.74 Å². The SMILES string of the molecule is COC1=NN=C(C)C1(N)c1ccccc1. The highest BCUT2D eigenvalue weighted by molar-refractivity contribution is 6.15. The summed E-state index contributed by atoms with van der Waals surface area (Å²) in [5, 5.41) is 7.89. The lowest BCUT2D eigenvalue weighted by atomic mass is 9.87. The third kappa shape index (κ3) is 1.34. The van der Waals surface area contributed by atoms with Crippen LogP contribution in [0.25, 0.3) is 0 Å². The van der Waals surface area contributed by atoms with Crippen LogP contribution in [0.5, 0.6) is 0 Å². The first-order valence-electron chi connectivity index (χ1n) is 4.71. The van der Waals surface area contributed by atoms with Crippen LogP contribution in [-0.4, -0.2) is 18.7 Å². The van der Waals surface area contributed by atoms with Crippen molar-refractivity contribution in [3.05, 3.63) is 35.9 Å². The van der Waals surface area contributed by atoms with E-state index in [0.29, 0.717) is 5.90 Å². The predicted molar refractivity (Wildman–Crippen MR) is 59.9 cm³/mol. The molecule has 0 saturated carbocycles. The van der Waals surface area contributed by atoms with Gasteiger partial charge >= 0.3 is 0 Å². The van der Waals surface area contributed by atoms with Crippen LogP contribution in [0.1, 0.15) is 12.5 Å². The van der Waals surface area contributed by atoms with Crippen molar-refractivity contribution >= 4 is 11.6 Å². The van der Waals surface area contributed by atoms with E-state index in [2.05, 4.69) is 10.2 Å². The molecule has 0 radical (unpaired) electrons.